The molecule has 1 aliphatic rings. The van der Waals surface area contributed by atoms with Gasteiger partial charge in [-0.1, -0.05) is 18.2 Å². The standard InChI is InChI=1S/C12H16O5/c13-7-10-12(15)9(14)6-11(17-10)16-8-4-2-1-3-5-8/h1-5,9-15H,6-7H2/t9-,10?,11-,12-/m1/s1. The summed E-state index contributed by atoms with van der Waals surface area (Å²) in [5.41, 5.74) is 0. The molecule has 1 heterocycles. The van der Waals surface area contributed by atoms with Gasteiger partial charge in [-0.25, -0.2) is 0 Å². The number of aliphatic hydroxyl groups excluding tert-OH is 3. The predicted molar refractivity (Wildman–Crippen MR) is 59.4 cm³/mol. The van der Waals surface area contributed by atoms with Crippen LogP contribution in [0.2, 0.25) is 0 Å². The molecule has 0 amide bonds. The number of hydrogen-bond acceptors (Lipinski definition) is 5. The third kappa shape index (κ3) is 2.95. The molecule has 1 aromatic rings. The molecule has 5 nitrogen and oxygen atoms in total. The molecule has 0 radical (unpaired) electrons. The number of ether oxygens (including phenoxy) is 2. The summed E-state index contributed by atoms with van der Waals surface area (Å²) in [5.74, 6) is 0.623. The van der Waals surface area contributed by atoms with Crippen LogP contribution in [0.4, 0.5) is 0 Å². The zero-order chi connectivity index (χ0) is 12.3. The summed E-state index contributed by atoms with van der Waals surface area (Å²) >= 11 is 0. The molecule has 1 fully saturated rings. The van der Waals surface area contributed by atoms with Crippen molar-refractivity contribution in [3.8, 4) is 5.75 Å². The van der Waals surface area contributed by atoms with E-state index in [2.05, 4.69) is 0 Å². The SMILES string of the molecule is OCC1O[C@@H](Oc2ccccc2)C[C@@H](O)[C@H]1O. The van der Waals surface area contributed by atoms with E-state index in [4.69, 9.17) is 14.6 Å². The Morgan fingerprint density at radius 3 is 2.59 bits per heavy atom. The van der Waals surface area contributed by atoms with E-state index in [-0.39, 0.29) is 13.0 Å². The smallest absolute Gasteiger partial charge is 0.202 e. The Hall–Kier alpha value is -1.14. The third-order valence-electron chi connectivity index (χ3n) is 2.73. The fraction of sp³-hybridized carbons (Fsp3) is 0.500. The van der Waals surface area contributed by atoms with Crippen LogP contribution in [-0.4, -0.2) is 46.5 Å². The van der Waals surface area contributed by atoms with Gasteiger partial charge in [-0.05, 0) is 12.1 Å². The molecule has 1 aliphatic heterocycles. The lowest BCUT2D eigenvalue weighted by atomic mass is 10.0. The summed E-state index contributed by atoms with van der Waals surface area (Å²) in [6.07, 6.45) is -3.32. The van der Waals surface area contributed by atoms with Crippen molar-refractivity contribution < 1.29 is 24.8 Å². The largest absolute Gasteiger partial charge is 0.465 e. The van der Waals surface area contributed by atoms with Gasteiger partial charge in [0.1, 0.15) is 18.0 Å². The van der Waals surface area contributed by atoms with Crippen LogP contribution in [0.1, 0.15) is 6.42 Å². The first kappa shape index (κ1) is 12.3. The Kier molecular flexibility index (Phi) is 3.96. The highest BCUT2D eigenvalue weighted by molar-refractivity contribution is 5.21. The van der Waals surface area contributed by atoms with Crippen LogP contribution in [0.5, 0.6) is 5.75 Å². The quantitative estimate of drug-likeness (QED) is 0.687. The second kappa shape index (κ2) is 5.46. The van der Waals surface area contributed by atoms with Gasteiger partial charge in [0, 0.05) is 6.42 Å². The van der Waals surface area contributed by atoms with Gasteiger partial charge in [0.05, 0.1) is 12.7 Å². The number of rotatable bonds is 3. The molecule has 0 aliphatic carbocycles. The molecule has 0 aromatic heterocycles. The van der Waals surface area contributed by atoms with Crippen LogP contribution in [0, 0.1) is 0 Å². The van der Waals surface area contributed by atoms with Crippen molar-refractivity contribution in [1.29, 1.82) is 0 Å². The van der Waals surface area contributed by atoms with Crippen LogP contribution in [-0.2, 0) is 4.74 Å². The molecule has 94 valence electrons. The van der Waals surface area contributed by atoms with Crippen molar-refractivity contribution in [2.24, 2.45) is 0 Å². The highest BCUT2D eigenvalue weighted by Crippen LogP contribution is 2.23. The van der Waals surface area contributed by atoms with Crippen LogP contribution in [0.3, 0.4) is 0 Å². The number of para-hydroxylation sites is 1. The molecular formula is C12H16O5. The Bertz CT molecular complexity index is 342. The first-order valence-electron chi connectivity index (χ1n) is 5.55. The summed E-state index contributed by atoms with van der Waals surface area (Å²) in [6.45, 7) is -0.354. The van der Waals surface area contributed by atoms with Gasteiger partial charge in [-0.15, -0.1) is 0 Å². The van der Waals surface area contributed by atoms with Gasteiger partial charge in [-0.3, -0.25) is 0 Å². The monoisotopic (exact) mass is 240 g/mol. The van der Waals surface area contributed by atoms with Gasteiger partial charge < -0.3 is 24.8 Å². The van der Waals surface area contributed by atoms with Gasteiger partial charge in [0.15, 0.2) is 0 Å². The van der Waals surface area contributed by atoms with Crippen molar-refractivity contribution >= 4 is 0 Å². The first-order valence-corrected chi connectivity index (χ1v) is 5.55. The lowest BCUT2D eigenvalue weighted by molar-refractivity contribution is -0.229. The van der Waals surface area contributed by atoms with Crippen molar-refractivity contribution in [2.75, 3.05) is 6.61 Å². The molecule has 5 heteroatoms. The zero-order valence-electron chi connectivity index (χ0n) is 9.27. The molecule has 0 spiro atoms. The average Bonchev–Trinajstić information content (AvgIpc) is 2.35. The number of aliphatic hydroxyl groups is 3. The van der Waals surface area contributed by atoms with Crippen LogP contribution in [0.15, 0.2) is 30.3 Å². The maximum atomic E-state index is 9.61. The van der Waals surface area contributed by atoms with Gasteiger partial charge in [0.2, 0.25) is 6.29 Å². The Labute approximate surface area is 99.2 Å². The van der Waals surface area contributed by atoms with Gasteiger partial charge in [0.25, 0.3) is 0 Å². The maximum absolute atomic E-state index is 9.61. The second-order valence-corrected chi connectivity index (χ2v) is 4.01. The van der Waals surface area contributed by atoms with Crippen molar-refractivity contribution in [1.82, 2.24) is 0 Å². The zero-order valence-corrected chi connectivity index (χ0v) is 9.27. The van der Waals surface area contributed by atoms with E-state index in [0.717, 1.165) is 0 Å². The van der Waals surface area contributed by atoms with E-state index in [1.165, 1.54) is 0 Å². The fourth-order valence-electron chi connectivity index (χ4n) is 1.79. The Morgan fingerprint density at radius 2 is 1.94 bits per heavy atom. The fourth-order valence-corrected chi connectivity index (χ4v) is 1.79. The number of benzene rings is 1. The normalized spacial score (nSPS) is 33.4. The first-order chi connectivity index (χ1) is 8.20. The van der Waals surface area contributed by atoms with Crippen LogP contribution >= 0.6 is 0 Å². The van der Waals surface area contributed by atoms with E-state index in [9.17, 15) is 10.2 Å². The summed E-state index contributed by atoms with van der Waals surface area (Å²) in [5, 5.41) is 28.1. The van der Waals surface area contributed by atoms with Crippen LogP contribution in [0.25, 0.3) is 0 Å². The second-order valence-electron chi connectivity index (χ2n) is 4.01. The molecule has 0 saturated carbocycles. The topological polar surface area (TPSA) is 79.2 Å². The molecular weight excluding hydrogens is 224 g/mol. The molecule has 0 bridgehead atoms. The minimum atomic E-state index is -1.07. The highest BCUT2D eigenvalue weighted by atomic mass is 16.7. The highest BCUT2D eigenvalue weighted by Gasteiger charge is 2.37. The minimum Gasteiger partial charge on any atom is -0.465 e. The Balaban J connectivity index is 1.98. The van der Waals surface area contributed by atoms with Gasteiger partial charge in [-0.2, -0.15) is 0 Å². The van der Waals surface area contributed by atoms with E-state index < -0.39 is 24.6 Å². The predicted octanol–water partition coefficient (Wildman–Crippen LogP) is -0.106. The molecule has 1 aromatic carbocycles. The van der Waals surface area contributed by atoms with Crippen molar-refractivity contribution in [3.05, 3.63) is 30.3 Å². The van der Waals surface area contributed by atoms with Crippen molar-refractivity contribution in [2.45, 2.75) is 31.0 Å². The lowest BCUT2D eigenvalue weighted by Crippen LogP contribution is -2.51. The molecule has 1 saturated heterocycles. The van der Waals surface area contributed by atoms with E-state index in [1.807, 2.05) is 18.2 Å². The summed E-state index contributed by atoms with van der Waals surface area (Å²) in [7, 11) is 0. The molecule has 17 heavy (non-hydrogen) atoms. The molecule has 3 N–H and O–H groups in total. The molecule has 2 rings (SSSR count). The van der Waals surface area contributed by atoms with Crippen molar-refractivity contribution in [3.63, 3.8) is 0 Å². The third-order valence-corrected chi connectivity index (χ3v) is 2.73. The van der Waals surface area contributed by atoms with E-state index in [0.29, 0.717) is 5.75 Å². The molecule has 4 atom stereocenters. The molecule has 1 unspecified atom stereocenters. The maximum Gasteiger partial charge on any atom is 0.202 e. The minimum absolute atomic E-state index is 0.173. The number of hydrogen-bond donors (Lipinski definition) is 3. The summed E-state index contributed by atoms with van der Waals surface area (Å²) in [4.78, 5) is 0. The van der Waals surface area contributed by atoms with Crippen LogP contribution < -0.4 is 4.74 Å². The lowest BCUT2D eigenvalue weighted by Gasteiger charge is -2.36. The average molecular weight is 240 g/mol. The van der Waals surface area contributed by atoms with Gasteiger partial charge >= 0.3 is 0 Å². The summed E-state index contributed by atoms with van der Waals surface area (Å²) < 4.78 is 10.8. The summed E-state index contributed by atoms with van der Waals surface area (Å²) in [6, 6.07) is 9.06. The van der Waals surface area contributed by atoms with E-state index in [1.54, 1.807) is 12.1 Å². The van der Waals surface area contributed by atoms with E-state index >= 15 is 0 Å². The Morgan fingerprint density at radius 1 is 1.24 bits per heavy atom.